The van der Waals surface area contributed by atoms with Gasteiger partial charge in [0.2, 0.25) is 94.4 Å². The Morgan fingerprint density at radius 3 is 1.26 bits per heavy atom. The average molecular weight is 2020 g/mol. The number of carbonyl (C=O) groups is 3. The van der Waals surface area contributed by atoms with Crippen molar-refractivity contribution in [3.8, 4) is 11.5 Å². The summed E-state index contributed by atoms with van der Waals surface area (Å²) in [6.07, 6.45) is -4.68. The third-order valence-electron chi connectivity index (χ3n) is 21.8. The van der Waals surface area contributed by atoms with E-state index in [1.54, 1.807) is 42.5 Å². The van der Waals surface area contributed by atoms with Crippen LogP contribution in [0.25, 0.3) is 0 Å². The number of benzene rings is 3. The number of likely N-dealkylation sites (tertiary alicyclic amines) is 2. The lowest BCUT2D eigenvalue weighted by atomic mass is 10.0. The predicted octanol–water partition coefficient (Wildman–Crippen LogP) is 1.31. The first kappa shape index (κ1) is 118. The number of hydrogen-bond donors (Lipinski definition) is 35. The van der Waals surface area contributed by atoms with Crippen LogP contribution in [0.15, 0.2) is 154 Å². The molecule has 0 bridgehead atoms. The first-order valence-corrected chi connectivity index (χ1v) is 45.4. The highest BCUT2D eigenvalue weighted by molar-refractivity contribution is 5.98. The summed E-state index contributed by atoms with van der Waals surface area (Å²) in [5.74, 6) is -20.6. The summed E-state index contributed by atoms with van der Waals surface area (Å²) in [5.41, 5.74) is 24.6. The van der Waals surface area contributed by atoms with Crippen molar-refractivity contribution >= 4 is 130 Å². The summed E-state index contributed by atoms with van der Waals surface area (Å²) < 4.78 is 0. The third kappa shape index (κ3) is 40.6. The second-order valence-electron chi connectivity index (χ2n) is 33.2. The molecule has 0 spiro atoms. The molecule has 3 aromatic rings. The van der Waals surface area contributed by atoms with Crippen molar-refractivity contribution in [2.75, 3.05) is 65.6 Å². The Kier molecular flexibility index (Phi) is 49.8. The zero-order chi connectivity index (χ0) is 106. The maximum absolute atomic E-state index is 14.7. The molecule has 0 saturated carbocycles. The van der Waals surface area contributed by atoms with Gasteiger partial charge in [-0.25, -0.2) is 79.7 Å². The molecule has 18 atom stereocenters. The van der Waals surface area contributed by atoms with Gasteiger partial charge in [0.15, 0.2) is 59.8 Å². The van der Waals surface area contributed by atoms with Crippen LogP contribution in [-0.4, -0.2) is 442 Å². The third-order valence-corrected chi connectivity index (χ3v) is 21.8. The highest BCUT2D eigenvalue weighted by Crippen LogP contribution is 2.27. The Balaban J connectivity index is 1.40. The molecule has 55 nitrogen and oxygen atoms in total. The number of amides is 2. The molecule has 2 saturated heterocycles. The van der Waals surface area contributed by atoms with Crippen LogP contribution in [0.3, 0.4) is 0 Å². The van der Waals surface area contributed by atoms with Gasteiger partial charge in [0.1, 0.15) is 85.0 Å². The molecule has 788 valence electrons. The van der Waals surface area contributed by atoms with Crippen molar-refractivity contribution in [3.05, 3.63) is 95.6 Å². The lowest BCUT2D eigenvalue weighted by molar-refractivity contribution is -0.141. The second-order valence-corrected chi connectivity index (χ2v) is 33.2. The number of carboxylic acid groups (broad SMARTS) is 1. The average Bonchev–Trinajstić information content (AvgIpc) is 1.69. The molecule has 0 unspecified atom stereocenters. The predicted molar refractivity (Wildman–Crippen MR) is 535 cm³/mol. The fourth-order valence-electron chi connectivity index (χ4n) is 14.3. The number of carboxylic acids is 1. The van der Waals surface area contributed by atoms with Crippen LogP contribution >= 0.6 is 0 Å². The Labute approximate surface area is 820 Å². The van der Waals surface area contributed by atoms with Crippen LogP contribution in [0, 0.1) is 21.6 Å². The van der Waals surface area contributed by atoms with Gasteiger partial charge < -0.3 is 171 Å². The molecule has 143 heavy (non-hydrogen) atoms. The van der Waals surface area contributed by atoms with Gasteiger partial charge in [-0.3, -0.25) is 31.2 Å². The number of unbranched alkanes of at least 4 members (excludes halogenated alkanes) is 1. The Morgan fingerprint density at radius 2 is 0.790 bits per heavy atom. The van der Waals surface area contributed by atoms with Crippen LogP contribution in [0.1, 0.15) is 127 Å². The molecule has 0 aliphatic carbocycles. The van der Waals surface area contributed by atoms with Crippen molar-refractivity contribution < 1.29 is 142 Å². The molecule has 2 aliphatic rings. The van der Waals surface area contributed by atoms with Crippen molar-refractivity contribution in [1.29, 1.82) is 21.6 Å². The number of carbonyl (C=O) groups excluding carboxylic acids is 2. The van der Waals surface area contributed by atoms with Crippen LogP contribution in [0.4, 0.5) is 0 Å². The van der Waals surface area contributed by atoms with Crippen LogP contribution in [0.5, 0.6) is 11.5 Å². The number of aliphatic carboxylic acids is 1. The number of phenols is 2. The molecule has 2 amide bonds. The highest BCUT2D eigenvalue weighted by Gasteiger charge is 2.41. The quantitative estimate of drug-likeness (QED) is 0.0215. The monoisotopic (exact) mass is 2020 g/mol. The Hall–Kier alpha value is -15.1. The molecule has 2 heterocycles. The standard InChI is InChI=1S/C88H133N27O28/c1-44(84(140)114-33-11-18-63(114)81(137)106-55(28-29-65(91)123)75(131)113-70(46(3)120)86(142)143)101-73(129)53(16-9-31-97-87(93)94)104-74(130)54(17-10-32-98-88(95)96)105-79(135)61(42-117)111-80(136)62(43-118)110-78(134)60(41-116)103-68(126)39-99-72(128)57(37-49-22-26-51(122)27-23-49)102-67(125)40-100-83(139)69(45(2)119)112-82(138)64-19-12-34-115(64)85(141)56(15-7-8-30-89)107-77(133)59(38-66(92)124)109-76(132)58(36-47-13-5-4-6-14-47)108-71(127)52(90)35-48-20-24-50(121)25-21-48/h4-6,13-14,20-27,44-46,52-64,69-70,116-122H,7-12,15-19,28-43,89-90H2,1-3H3,(H2,91,123)(H2,92,124)(H,99,128)(H,100,139)(H,101,129)(H,102,125)(H,103,126)(H,104,130)(H,105,135)(H,106,137)(H,107,133)(H,108,127)(H,109,132)(H,110,134)(H,111,136)(H,112,138)(H,113,131)(H,142,143)(H4,93,94,97)(H4,95,96,98)/t44-,45+,46+,52-,53-,54-,55-,56-,57-,58-,59-,60-,61-,62-,63-,64-,69-,70-/m0/s1. The zero-order valence-corrected chi connectivity index (χ0v) is 78.8. The van der Waals surface area contributed by atoms with Gasteiger partial charge in [0, 0.05) is 45.4 Å². The van der Waals surface area contributed by atoms with E-state index in [9.17, 15) is 142 Å². The first-order valence-electron chi connectivity index (χ1n) is 45.4. The number of hydrogen-bond acceptors (Lipinski definition) is 31. The number of aliphatic hydroxyl groups is 22. The number of aromatic hydroxyl groups is 2. The highest BCUT2D eigenvalue weighted by atomic mass is 16.4. The van der Waals surface area contributed by atoms with Crippen LogP contribution in [-0.2, 0) is 33.6 Å². The fourth-order valence-corrected chi connectivity index (χ4v) is 14.3. The summed E-state index contributed by atoms with van der Waals surface area (Å²) in [6.45, 7) is -2.03. The van der Waals surface area contributed by atoms with E-state index >= 15 is 0 Å². The van der Waals surface area contributed by atoms with Crippen molar-refractivity contribution in [1.82, 2.24) is 20.4 Å². The molecule has 3 aromatic carbocycles. The molecule has 2 aliphatic heterocycles. The summed E-state index contributed by atoms with van der Waals surface area (Å²) in [4.78, 5) is 103. The minimum atomic E-state index is -2.03. The van der Waals surface area contributed by atoms with Crippen LogP contribution < -0.4 is 33.6 Å². The lowest BCUT2D eigenvalue weighted by Gasteiger charge is -2.27. The van der Waals surface area contributed by atoms with E-state index in [1.165, 1.54) is 48.2 Å². The molecule has 55 heteroatoms. The van der Waals surface area contributed by atoms with Gasteiger partial charge in [-0.2, -0.15) is 0 Å². The van der Waals surface area contributed by atoms with E-state index in [0.29, 0.717) is 23.1 Å². The molecule has 5 rings (SSSR count). The lowest BCUT2D eigenvalue weighted by Crippen LogP contribution is -2.46. The molecule has 39 N–H and O–H groups in total. The number of phenolic OH excluding ortho intramolecular Hbond substituents is 2. The van der Waals surface area contributed by atoms with Crippen molar-refractivity contribution in [2.45, 2.75) is 239 Å². The van der Waals surface area contributed by atoms with E-state index in [0.717, 1.165) is 18.7 Å². The zero-order valence-electron chi connectivity index (χ0n) is 78.8. The normalized spacial score (nSPS) is 19.2. The minimum absolute atomic E-state index is 0.00678. The van der Waals surface area contributed by atoms with E-state index in [1.807, 2.05) is 0 Å². The number of rotatable bonds is 61. The second kappa shape index (κ2) is 60.1. The van der Waals surface area contributed by atoms with Gasteiger partial charge in [-0.1, -0.05) is 54.6 Å². The molecule has 0 aromatic heterocycles. The number of guanidine groups is 2. The SMILES string of the molecule is C[C@H](N=C(O)[C@H](CCCNC(=N)N)N=C(O)[C@H](CCCNC(=N)N)N=C(O)[C@H](CO)N=C(O)[C@H](CO)N=C(O)[C@H](CO)N=C(O)CN=C(O)[C@H](Cc1ccc(O)cc1)N=C(O)CN=C(O)[C@@H](N=C(O)[C@@H]1CCCN1C(=O)[C@H](CCCCN)N=C(O)[C@H](CC(=N)O)N=C(O)[C@H](Cc1ccccc1)N=C(O)[C@@H](N)Cc1ccc(O)cc1)[C@@H](C)O)C(=O)N1CCC[C@H]1C(O)=N[C@@H](CCC(=N)O)C(O)=N[C@H](C(=O)O)[C@@H](C)O. The van der Waals surface area contributed by atoms with Gasteiger partial charge in [-0.15, -0.1) is 0 Å². The maximum Gasteiger partial charge on any atom is 0.331 e. The van der Waals surface area contributed by atoms with Gasteiger partial charge in [0.05, 0.1) is 44.5 Å². The number of nitrogens with one attached hydrogen (secondary N) is 6. The number of aliphatic hydroxyl groups excluding tert-OH is 22. The number of nitrogens with zero attached hydrogens (tertiary/aromatic N) is 17. The molecule has 0 radical (unpaired) electrons. The van der Waals surface area contributed by atoms with E-state index in [-0.39, 0.29) is 128 Å². The molecule has 2 fully saturated rings. The van der Waals surface area contributed by atoms with Gasteiger partial charge in [-0.05, 0) is 152 Å². The van der Waals surface area contributed by atoms with E-state index < -0.39 is 291 Å². The number of aliphatic imine (C=N–C) groups is 15. The first-order chi connectivity index (χ1) is 67.7. The summed E-state index contributed by atoms with van der Waals surface area (Å²) in [7, 11) is 0. The Morgan fingerprint density at radius 1 is 0.406 bits per heavy atom. The summed E-state index contributed by atoms with van der Waals surface area (Å²) in [6, 6.07) is -6.00. The topological polar surface area (TPSA) is 972 Å². The smallest absolute Gasteiger partial charge is 0.331 e. The summed E-state index contributed by atoms with van der Waals surface area (Å²) >= 11 is 0. The number of nitrogens with two attached hydrogens (primary N) is 4. The van der Waals surface area contributed by atoms with Crippen molar-refractivity contribution in [2.24, 2.45) is 97.8 Å². The fraction of sp³-hybridized carbons (Fsp3) is 0.545. The summed E-state index contributed by atoms with van der Waals surface area (Å²) in [5, 5.41) is 308. The van der Waals surface area contributed by atoms with Crippen LogP contribution in [0.2, 0.25) is 0 Å². The largest absolute Gasteiger partial charge is 0.508 e. The van der Waals surface area contributed by atoms with Crippen molar-refractivity contribution in [3.63, 3.8) is 0 Å². The molecular formula is C88H133N27O28. The molecular weight excluding hydrogens is 1880 g/mol. The van der Waals surface area contributed by atoms with Gasteiger partial charge in [0.25, 0.3) is 0 Å². The maximum atomic E-state index is 14.7. The Bertz CT molecular complexity index is 5170. The van der Waals surface area contributed by atoms with E-state index in [4.69, 9.17) is 44.6 Å². The van der Waals surface area contributed by atoms with Gasteiger partial charge >= 0.3 is 5.97 Å². The minimum Gasteiger partial charge on any atom is -0.508 e. The van der Waals surface area contributed by atoms with E-state index in [2.05, 4.69) is 85.5 Å².